The summed E-state index contributed by atoms with van der Waals surface area (Å²) in [6.07, 6.45) is 3.85. The highest BCUT2D eigenvalue weighted by Crippen LogP contribution is 2.27. The molecule has 2 N–H and O–H groups in total. The molecule has 6 nitrogen and oxygen atoms in total. The third kappa shape index (κ3) is 4.73. The van der Waals surface area contributed by atoms with Crippen molar-refractivity contribution in [3.8, 4) is 0 Å². The number of pyridine rings is 1. The molecule has 0 bridgehead atoms. The van der Waals surface area contributed by atoms with E-state index in [0.717, 1.165) is 49.7 Å². The van der Waals surface area contributed by atoms with Crippen LogP contribution in [0.5, 0.6) is 0 Å². The van der Waals surface area contributed by atoms with Crippen LogP contribution in [0.2, 0.25) is 0 Å². The zero-order valence-electron chi connectivity index (χ0n) is 15.2. The number of carbonyl (C=O) groups excluding carboxylic acids is 1. The molecule has 26 heavy (non-hydrogen) atoms. The summed E-state index contributed by atoms with van der Waals surface area (Å²) in [5, 5.41) is 6.30. The number of carbonyl (C=O) groups is 1. The fourth-order valence-electron chi connectivity index (χ4n) is 2.92. The van der Waals surface area contributed by atoms with Gasteiger partial charge in [-0.05, 0) is 30.7 Å². The number of nitrogens with zero attached hydrogens (tertiary/aromatic N) is 2. The smallest absolute Gasteiger partial charge is 0.255 e. The first-order valence-corrected chi connectivity index (χ1v) is 9.21. The largest absolute Gasteiger partial charge is 0.378 e. The first-order valence-electron chi connectivity index (χ1n) is 9.21. The maximum Gasteiger partial charge on any atom is 0.255 e. The number of morpholine rings is 1. The Morgan fingerprint density at radius 1 is 1.23 bits per heavy atom. The van der Waals surface area contributed by atoms with Gasteiger partial charge in [0.05, 0.1) is 24.6 Å². The van der Waals surface area contributed by atoms with E-state index in [-0.39, 0.29) is 5.91 Å². The van der Waals surface area contributed by atoms with Gasteiger partial charge >= 0.3 is 0 Å². The van der Waals surface area contributed by atoms with Crippen LogP contribution in [0.25, 0.3) is 0 Å². The molecule has 1 aromatic heterocycles. The third-order valence-electron chi connectivity index (χ3n) is 4.36. The predicted molar refractivity (Wildman–Crippen MR) is 105 cm³/mol. The number of benzene rings is 1. The van der Waals surface area contributed by atoms with E-state index in [2.05, 4.69) is 27.4 Å². The minimum atomic E-state index is -0.133. The van der Waals surface area contributed by atoms with E-state index in [0.29, 0.717) is 18.8 Å². The second kappa shape index (κ2) is 9.20. The first-order chi connectivity index (χ1) is 12.8. The minimum absolute atomic E-state index is 0.133. The Morgan fingerprint density at radius 2 is 2.04 bits per heavy atom. The van der Waals surface area contributed by atoms with E-state index in [1.165, 1.54) is 0 Å². The van der Waals surface area contributed by atoms with Gasteiger partial charge in [-0.25, -0.2) is 4.98 Å². The van der Waals surface area contributed by atoms with E-state index in [4.69, 9.17) is 4.74 Å². The van der Waals surface area contributed by atoms with Crippen molar-refractivity contribution in [2.45, 2.75) is 19.8 Å². The number of hydrogen-bond acceptors (Lipinski definition) is 5. The summed E-state index contributed by atoms with van der Waals surface area (Å²) in [7, 11) is 0. The van der Waals surface area contributed by atoms with E-state index >= 15 is 0 Å². The highest BCUT2D eigenvalue weighted by atomic mass is 16.5. The van der Waals surface area contributed by atoms with Crippen molar-refractivity contribution in [1.29, 1.82) is 0 Å². The quantitative estimate of drug-likeness (QED) is 0.746. The van der Waals surface area contributed by atoms with Crippen molar-refractivity contribution < 1.29 is 9.53 Å². The van der Waals surface area contributed by atoms with Crippen LogP contribution in [-0.4, -0.2) is 43.7 Å². The van der Waals surface area contributed by atoms with Crippen LogP contribution < -0.4 is 15.5 Å². The topological polar surface area (TPSA) is 66.5 Å². The van der Waals surface area contributed by atoms with Gasteiger partial charge in [0.15, 0.2) is 0 Å². The van der Waals surface area contributed by atoms with Crippen molar-refractivity contribution in [2.75, 3.05) is 48.4 Å². The minimum Gasteiger partial charge on any atom is -0.378 e. The van der Waals surface area contributed by atoms with Crippen LogP contribution in [0.3, 0.4) is 0 Å². The van der Waals surface area contributed by atoms with Crippen LogP contribution in [0, 0.1) is 0 Å². The third-order valence-corrected chi connectivity index (χ3v) is 4.36. The van der Waals surface area contributed by atoms with Gasteiger partial charge < -0.3 is 20.3 Å². The van der Waals surface area contributed by atoms with Crippen LogP contribution in [0.4, 0.5) is 17.2 Å². The lowest BCUT2D eigenvalue weighted by Crippen LogP contribution is -2.36. The zero-order chi connectivity index (χ0) is 18.2. The lowest BCUT2D eigenvalue weighted by atomic mass is 10.2. The molecule has 1 aromatic carbocycles. The van der Waals surface area contributed by atoms with E-state index in [9.17, 15) is 4.79 Å². The molecule has 2 heterocycles. The highest BCUT2D eigenvalue weighted by molar-refractivity contribution is 6.06. The van der Waals surface area contributed by atoms with Crippen LogP contribution in [-0.2, 0) is 4.74 Å². The van der Waals surface area contributed by atoms with Gasteiger partial charge in [-0.1, -0.05) is 25.5 Å². The van der Waals surface area contributed by atoms with Gasteiger partial charge in [0.1, 0.15) is 5.82 Å². The number of para-hydroxylation sites is 2. The fourth-order valence-corrected chi connectivity index (χ4v) is 2.92. The first kappa shape index (κ1) is 18.2. The molecule has 0 saturated carbocycles. The summed E-state index contributed by atoms with van der Waals surface area (Å²) in [5.74, 6) is 0.596. The molecular weight excluding hydrogens is 328 g/mol. The number of nitrogens with one attached hydrogen (secondary N) is 2. The number of unbranched alkanes of at least 4 members (excludes halogenated alkanes) is 1. The van der Waals surface area contributed by atoms with Crippen LogP contribution >= 0.6 is 0 Å². The molecule has 0 spiro atoms. The predicted octanol–water partition coefficient (Wildman–Crippen LogP) is 3.38. The Morgan fingerprint density at radius 3 is 2.85 bits per heavy atom. The number of rotatable bonds is 7. The summed E-state index contributed by atoms with van der Waals surface area (Å²) in [5.41, 5.74) is 2.44. The van der Waals surface area contributed by atoms with E-state index in [1.807, 2.05) is 24.3 Å². The van der Waals surface area contributed by atoms with Crippen molar-refractivity contribution in [3.05, 3.63) is 48.2 Å². The summed E-state index contributed by atoms with van der Waals surface area (Å²) in [4.78, 5) is 19.2. The lowest BCUT2D eigenvalue weighted by molar-refractivity contribution is 0.102. The second-order valence-corrected chi connectivity index (χ2v) is 6.28. The van der Waals surface area contributed by atoms with Crippen molar-refractivity contribution in [3.63, 3.8) is 0 Å². The number of hydrogen-bond donors (Lipinski definition) is 2. The maximum atomic E-state index is 12.7. The van der Waals surface area contributed by atoms with Gasteiger partial charge in [0.25, 0.3) is 5.91 Å². The summed E-state index contributed by atoms with van der Waals surface area (Å²) < 4.78 is 5.42. The molecule has 1 amide bonds. The Hall–Kier alpha value is -2.60. The fraction of sp³-hybridized carbons (Fsp3) is 0.400. The number of aromatic nitrogens is 1. The Balaban J connectivity index is 1.71. The molecule has 138 valence electrons. The van der Waals surface area contributed by atoms with Gasteiger partial charge in [0.2, 0.25) is 0 Å². The molecule has 3 rings (SSSR count). The molecule has 0 atom stereocenters. The molecule has 0 aliphatic carbocycles. The zero-order valence-corrected chi connectivity index (χ0v) is 15.2. The standard InChI is InChI=1S/C20H26N4O2/c1-2-3-9-21-19-15-16(8-10-22-19)20(25)23-17-6-4-5-7-18(17)24-11-13-26-14-12-24/h4-8,10,15H,2-3,9,11-14H2,1H3,(H,21,22)(H,23,25). The molecule has 1 fully saturated rings. The summed E-state index contributed by atoms with van der Waals surface area (Å²) in [6, 6.07) is 11.4. The molecule has 1 aliphatic rings. The Kier molecular flexibility index (Phi) is 6.44. The molecule has 2 aromatic rings. The summed E-state index contributed by atoms with van der Waals surface area (Å²) >= 11 is 0. The Labute approximate surface area is 154 Å². The summed E-state index contributed by atoms with van der Waals surface area (Å²) in [6.45, 7) is 6.07. The van der Waals surface area contributed by atoms with Gasteiger partial charge in [-0.2, -0.15) is 0 Å². The van der Waals surface area contributed by atoms with Crippen LogP contribution in [0.15, 0.2) is 42.6 Å². The number of anilines is 3. The molecule has 1 saturated heterocycles. The van der Waals surface area contributed by atoms with Gasteiger partial charge in [-0.15, -0.1) is 0 Å². The van der Waals surface area contributed by atoms with Crippen LogP contribution in [0.1, 0.15) is 30.1 Å². The molecule has 6 heteroatoms. The molecule has 0 radical (unpaired) electrons. The van der Waals surface area contributed by atoms with Crippen molar-refractivity contribution in [1.82, 2.24) is 4.98 Å². The normalized spacial score (nSPS) is 14.1. The van der Waals surface area contributed by atoms with E-state index in [1.54, 1.807) is 18.3 Å². The SMILES string of the molecule is CCCCNc1cc(C(=O)Nc2ccccc2N2CCOCC2)ccn1. The average Bonchev–Trinajstić information content (AvgIpc) is 2.69. The molecule has 0 unspecified atom stereocenters. The monoisotopic (exact) mass is 354 g/mol. The molecule has 1 aliphatic heterocycles. The average molecular weight is 354 g/mol. The second-order valence-electron chi connectivity index (χ2n) is 6.28. The van der Waals surface area contributed by atoms with E-state index < -0.39 is 0 Å². The van der Waals surface area contributed by atoms with Crippen molar-refractivity contribution >= 4 is 23.1 Å². The Bertz CT molecular complexity index is 729. The molecular formula is C20H26N4O2. The lowest BCUT2D eigenvalue weighted by Gasteiger charge is -2.30. The van der Waals surface area contributed by atoms with Crippen molar-refractivity contribution in [2.24, 2.45) is 0 Å². The van der Waals surface area contributed by atoms with Gasteiger partial charge in [-0.3, -0.25) is 4.79 Å². The number of amides is 1. The maximum absolute atomic E-state index is 12.7. The number of ether oxygens (including phenoxy) is 1. The van der Waals surface area contributed by atoms with Gasteiger partial charge in [0, 0.05) is 31.4 Å². The highest BCUT2D eigenvalue weighted by Gasteiger charge is 2.16.